The molecule has 0 radical (unpaired) electrons. The van der Waals surface area contributed by atoms with E-state index in [2.05, 4.69) is 11.3 Å². The van der Waals surface area contributed by atoms with E-state index >= 15 is 0 Å². The van der Waals surface area contributed by atoms with Gasteiger partial charge in [0.05, 0.1) is 0 Å². The van der Waals surface area contributed by atoms with Gasteiger partial charge >= 0.3 is 0 Å². The van der Waals surface area contributed by atoms with Crippen molar-refractivity contribution < 1.29 is 18.3 Å². The van der Waals surface area contributed by atoms with E-state index in [1.165, 1.54) is 24.3 Å². The fourth-order valence-corrected chi connectivity index (χ4v) is 1.04. The Bertz CT molecular complexity index is 349. The van der Waals surface area contributed by atoms with Crippen LogP contribution in [0, 0.1) is 0 Å². The Hall–Kier alpha value is -1.55. The Morgan fingerprint density at radius 2 is 1.94 bits per heavy atom. The van der Waals surface area contributed by atoms with E-state index in [1.807, 2.05) is 0 Å². The lowest BCUT2D eigenvalue weighted by atomic mass is 10.0. The van der Waals surface area contributed by atoms with Gasteiger partial charge in [0, 0.05) is 25.3 Å². The predicted octanol–water partition coefficient (Wildman–Crippen LogP) is 3.34. The second-order valence-electron chi connectivity index (χ2n) is 2.92. The molecule has 88 valence electrons. The number of benzene rings is 1. The van der Waals surface area contributed by atoms with Crippen molar-refractivity contribution in [3.63, 3.8) is 0 Å². The molecule has 0 aliphatic heterocycles. The monoisotopic (exact) mass is 228 g/mol. The Morgan fingerprint density at radius 3 is 2.31 bits per heavy atom. The molecule has 0 saturated carbocycles. The molecule has 0 unspecified atom stereocenters. The number of hydrogen-bond acceptors (Lipinski definition) is 2. The first-order valence-corrected chi connectivity index (χ1v) is 4.50. The third kappa shape index (κ3) is 4.31. The lowest BCUT2D eigenvalue weighted by molar-refractivity contribution is 0.112. The number of alkyl halides is 2. The maximum Gasteiger partial charge on any atom is 0.264 e. The minimum Gasteiger partial charge on any atom is -0.388 e. The lowest BCUT2D eigenvalue weighted by Crippen LogP contribution is -1.91. The highest BCUT2D eigenvalue weighted by Crippen LogP contribution is 2.24. The fourth-order valence-electron chi connectivity index (χ4n) is 1.04. The van der Waals surface area contributed by atoms with E-state index in [0.717, 1.165) is 0 Å². The minimum absolute atomic E-state index is 0.0967. The number of rotatable bonds is 3. The summed E-state index contributed by atoms with van der Waals surface area (Å²) in [6.07, 6.45) is -0.606. The molecule has 2 nitrogen and oxygen atoms in total. The Labute approximate surface area is 93.5 Å². The number of carbonyl (C=O) groups is 1. The third-order valence-corrected chi connectivity index (χ3v) is 1.70. The van der Waals surface area contributed by atoms with Gasteiger partial charge in [0.2, 0.25) is 0 Å². The van der Waals surface area contributed by atoms with Gasteiger partial charge in [-0.2, -0.15) is 0 Å². The summed E-state index contributed by atoms with van der Waals surface area (Å²) in [5.41, 5.74) is 0.583. The fraction of sp³-hybridized carbons (Fsp3) is 0.250. The van der Waals surface area contributed by atoms with Crippen molar-refractivity contribution in [3.8, 4) is 0 Å². The van der Waals surface area contributed by atoms with Gasteiger partial charge in [-0.05, 0) is 11.6 Å². The molecule has 0 aliphatic rings. The first-order chi connectivity index (χ1) is 7.60. The molecule has 0 aliphatic carbocycles. The van der Waals surface area contributed by atoms with Gasteiger partial charge in [0.15, 0.2) is 0 Å². The highest BCUT2D eigenvalue weighted by molar-refractivity contribution is 5.76. The van der Waals surface area contributed by atoms with Crippen LogP contribution in [0.1, 0.15) is 27.9 Å². The largest absolute Gasteiger partial charge is 0.388 e. The van der Waals surface area contributed by atoms with E-state index in [4.69, 9.17) is 0 Å². The molecule has 4 heteroatoms. The first kappa shape index (κ1) is 14.5. The Kier molecular flexibility index (Phi) is 6.96. The van der Waals surface area contributed by atoms with Crippen molar-refractivity contribution in [2.75, 3.05) is 14.2 Å². The topological polar surface area (TPSA) is 26.3 Å². The Balaban J connectivity index is 0.000000673. The van der Waals surface area contributed by atoms with Gasteiger partial charge in [-0.15, -0.1) is 0 Å². The van der Waals surface area contributed by atoms with Crippen LogP contribution in [0.4, 0.5) is 8.78 Å². The second-order valence-corrected chi connectivity index (χ2v) is 2.92. The molecule has 1 aromatic carbocycles. The summed E-state index contributed by atoms with van der Waals surface area (Å²) in [6, 6.07) is 3.99. The molecule has 0 saturated heterocycles. The zero-order valence-electron chi connectivity index (χ0n) is 9.24. The molecule has 1 aromatic rings. The highest BCUT2D eigenvalue weighted by atomic mass is 19.3. The average molecular weight is 228 g/mol. The van der Waals surface area contributed by atoms with Crippen LogP contribution in [0.15, 0.2) is 24.8 Å². The van der Waals surface area contributed by atoms with Gasteiger partial charge in [-0.25, -0.2) is 8.78 Å². The normalized spacial score (nSPS) is 9.31. The van der Waals surface area contributed by atoms with Crippen LogP contribution in [0.5, 0.6) is 0 Å². The first-order valence-electron chi connectivity index (χ1n) is 4.50. The quantitative estimate of drug-likeness (QED) is 0.741. The number of hydrogen-bond donors (Lipinski definition) is 0. The number of methoxy groups -OCH3 is 1. The van der Waals surface area contributed by atoms with Crippen LogP contribution in [-0.2, 0) is 4.74 Å². The van der Waals surface area contributed by atoms with Gasteiger partial charge in [-0.3, -0.25) is 4.79 Å². The zero-order valence-corrected chi connectivity index (χ0v) is 9.24. The summed E-state index contributed by atoms with van der Waals surface area (Å²) < 4.78 is 28.9. The number of ether oxygens (including phenoxy) is 1. The van der Waals surface area contributed by atoms with Crippen LogP contribution in [-0.4, -0.2) is 20.5 Å². The lowest BCUT2D eigenvalue weighted by Gasteiger charge is -2.04. The molecule has 0 heterocycles. The van der Waals surface area contributed by atoms with E-state index in [9.17, 15) is 13.6 Å². The maximum absolute atomic E-state index is 12.3. The van der Waals surface area contributed by atoms with Crippen molar-refractivity contribution >= 4 is 12.4 Å². The molecule has 0 spiro atoms. The molecule has 0 amide bonds. The number of halogens is 2. The third-order valence-electron chi connectivity index (χ3n) is 1.70. The van der Waals surface area contributed by atoms with E-state index in [1.54, 1.807) is 14.2 Å². The average Bonchev–Trinajstić information content (AvgIpc) is 2.29. The highest BCUT2D eigenvalue weighted by Gasteiger charge is 2.10. The molecule has 0 fully saturated rings. The molecular formula is C12H14F2O2. The molecule has 16 heavy (non-hydrogen) atoms. The van der Waals surface area contributed by atoms with Crippen LogP contribution >= 0.6 is 0 Å². The summed E-state index contributed by atoms with van der Waals surface area (Å²) in [4.78, 5) is 10.3. The van der Waals surface area contributed by atoms with Crippen molar-refractivity contribution in [2.24, 2.45) is 0 Å². The zero-order chi connectivity index (χ0) is 12.6. The predicted molar refractivity (Wildman–Crippen MR) is 59.8 cm³/mol. The minimum atomic E-state index is -2.53. The SMILES string of the molecule is C=Cc1cc(C=O)ccc1C(F)F.COC. The van der Waals surface area contributed by atoms with Gasteiger partial charge in [0.1, 0.15) is 6.29 Å². The Morgan fingerprint density at radius 1 is 1.38 bits per heavy atom. The summed E-state index contributed by atoms with van der Waals surface area (Å²) in [5.74, 6) is 0. The number of carbonyl (C=O) groups excluding carboxylic acids is 1. The summed E-state index contributed by atoms with van der Waals surface area (Å²) in [6.45, 7) is 3.40. The van der Waals surface area contributed by atoms with Crippen LogP contribution < -0.4 is 0 Å². The molecule has 0 N–H and O–H groups in total. The van der Waals surface area contributed by atoms with Crippen molar-refractivity contribution in [1.82, 2.24) is 0 Å². The van der Waals surface area contributed by atoms with Crippen molar-refractivity contribution in [1.29, 1.82) is 0 Å². The van der Waals surface area contributed by atoms with Gasteiger partial charge in [0.25, 0.3) is 6.43 Å². The van der Waals surface area contributed by atoms with Crippen LogP contribution in [0.2, 0.25) is 0 Å². The molecule has 0 aromatic heterocycles. The van der Waals surface area contributed by atoms with E-state index in [-0.39, 0.29) is 5.56 Å². The second kappa shape index (κ2) is 7.70. The van der Waals surface area contributed by atoms with Crippen molar-refractivity contribution in [2.45, 2.75) is 6.43 Å². The van der Waals surface area contributed by atoms with Crippen LogP contribution in [0.25, 0.3) is 6.08 Å². The standard InChI is InChI=1S/C10H8F2O.C2H6O/c1-2-8-5-7(6-13)3-4-9(8)10(11)12;1-3-2/h2-6,10H,1H2;1-2H3. The van der Waals surface area contributed by atoms with E-state index < -0.39 is 6.43 Å². The van der Waals surface area contributed by atoms with Gasteiger partial charge < -0.3 is 4.74 Å². The maximum atomic E-state index is 12.3. The summed E-state index contributed by atoms with van der Waals surface area (Å²) in [7, 11) is 3.25. The molecular weight excluding hydrogens is 214 g/mol. The van der Waals surface area contributed by atoms with Crippen LogP contribution in [0.3, 0.4) is 0 Å². The van der Waals surface area contributed by atoms with Crippen molar-refractivity contribution in [3.05, 3.63) is 41.5 Å². The molecule has 0 bridgehead atoms. The van der Waals surface area contributed by atoms with E-state index in [0.29, 0.717) is 17.4 Å². The smallest absolute Gasteiger partial charge is 0.264 e. The summed E-state index contributed by atoms with van der Waals surface area (Å²) >= 11 is 0. The van der Waals surface area contributed by atoms with Gasteiger partial charge in [-0.1, -0.05) is 24.8 Å². The summed E-state index contributed by atoms with van der Waals surface area (Å²) in [5, 5.41) is 0. The molecule has 1 rings (SSSR count). The molecule has 0 atom stereocenters. The number of aldehydes is 1.